The van der Waals surface area contributed by atoms with Crippen LogP contribution in [0.3, 0.4) is 0 Å². The van der Waals surface area contributed by atoms with Crippen LogP contribution in [0.5, 0.6) is 0 Å². The Labute approximate surface area is 126 Å². The van der Waals surface area contributed by atoms with Gasteiger partial charge in [-0.25, -0.2) is 13.7 Å². The molecule has 0 aromatic heterocycles. The van der Waals surface area contributed by atoms with Crippen LogP contribution in [0.25, 0.3) is 0 Å². The van der Waals surface area contributed by atoms with Gasteiger partial charge in [0.1, 0.15) is 0 Å². The van der Waals surface area contributed by atoms with Gasteiger partial charge >= 0.3 is 23.5 Å². The molecule has 0 radical (unpaired) electrons. The largest absolute Gasteiger partial charge is 0.490 e. The van der Waals surface area contributed by atoms with Gasteiger partial charge in [0.25, 0.3) is 0 Å². The molecule has 130 valence electrons. The van der Waals surface area contributed by atoms with Crippen molar-refractivity contribution in [1.82, 2.24) is 0 Å². The summed E-state index contributed by atoms with van der Waals surface area (Å²) in [7, 11) is -15.4. The topological polar surface area (TPSA) is 169 Å². The molecule has 0 aromatic rings. The van der Waals surface area contributed by atoms with Gasteiger partial charge in [0.2, 0.25) is 0 Å². The standard InChI is InChI=1S/C8H17O11P3/c1-2-3-7-16-20(10,11)18-22(14,15)19-21(12,13)17-8-5-4-6-9/h2-5,9H,6-8H2,1H3,(H,10,11)(H,12,13)(H,14,15)/b3-2+,5-4+. The number of hydrogen-bond acceptors (Lipinski definition) is 8. The molecule has 0 aliphatic heterocycles. The molecule has 0 aliphatic rings. The summed E-state index contributed by atoms with van der Waals surface area (Å²) in [6.07, 6.45) is 5.09. The monoisotopic (exact) mass is 382 g/mol. The molecular formula is C8H17O11P3. The highest BCUT2D eigenvalue weighted by molar-refractivity contribution is 7.66. The summed E-state index contributed by atoms with van der Waals surface area (Å²) >= 11 is 0. The van der Waals surface area contributed by atoms with Crippen molar-refractivity contribution >= 4 is 23.5 Å². The Balaban J connectivity index is 4.60. The van der Waals surface area contributed by atoms with Gasteiger partial charge in [-0.2, -0.15) is 8.62 Å². The lowest BCUT2D eigenvalue weighted by molar-refractivity contribution is 0.169. The van der Waals surface area contributed by atoms with E-state index < -0.39 is 36.7 Å². The minimum atomic E-state index is -5.41. The fourth-order valence-electron chi connectivity index (χ4n) is 0.836. The van der Waals surface area contributed by atoms with E-state index in [4.69, 9.17) is 19.8 Å². The van der Waals surface area contributed by atoms with Crippen molar-refractivity contribution in [2.45, 2.75) is 6.92 Å². The summed E-state index contributed by atoms with van der Waals surface area (Å²) in [5.41, 5.74) is 0. The summed E-state index contributed by atoms with van der Waals surface area (Å²) in [4.78, 5) is 27.4. The molecule has 0 rings (SSSR count). The third-order valence-corrected chi connectivity index (χ3v) is 5.84. The van der Waals surface area contributed by atoms with Crippen molar-refractivity contribution in [3.05, 3.63) is 24.3 Å². The smallest absolute Gasteiger partial charge is 0.392 e. The van der Waals surface area contributed by atoms with Crippen LogP contribution < -0.4 is 0 Å². The summed E-state index contributed by atoms with van der Waals surface area (Å²) in [6, 6.07) is 0. The van der Waals surface area contributed by atoms with Gasteiger partial charge in [-0.1, -0.05) is 24.3 Å². The van der Waals surface area contributed by atoms with Crippen molar-refractivity contribution in [2.24, 2.45) is 0 Å². The first kappa shape index (κ1) is 21.9. The summed E-state index contributed by atoms with van der Waals surface area (Å²) in [5.74, 6) is 0. The van der Waals surface area contributed by atoms with Crippen molar-refractivity contribution in [2.75, 3.05) is 19.8 Å². The molecule has 3 unspecified atom stereocenters. The first-order valence-corrected chi connectivity index (χ1v) is 10.1. The maximum Gasteiger partial charge on any atom is 0.490 e. The van der Waals surface area contributed by atoms with Crippen LogP contribution in [0, 0.1) is 0 Å². The lowest BCUT2D eigenvalue weighted by Crippen LogP contribution is -1.99. The second-order valence-corrected chi connectivity index (χ2v) is 8.02. The number of allylic oxidation sites excluding steroid dienone is 1. The molecule has 0 amide bonds. The Kier molecular flexibility index (Phi) is 9.80. The molecule has 22 heavy (non-hydrogen) atoms. The molecule has 0 bridgehead atoms. The van der Waals surface area contributed by atoms with E-state index in [1.165, 1.54) is 18.2 Å². The Bertz CT molecular complexity index is 527. The number of phosphoric acid groups is 3. The number of aliphatic hydroxyl groups is 1. The van der Waals surface area contributed by atoms with Crippen LogP contribution in [0.4, 0.5) is 0 Å². The molecule has 0 fully saturated rings. The van der Waals surface area contributed by atoms with Crippen LogP contribution in [0.15, 0.2) is 24.3 Å². The average molecular weight is 382 g/mol. The summed E-state index contributed by atoms with van der Waals surface area (Å²) < 4.78 is 50.1. The van der Waals surface area contributed by atoms with Crippen molar-refractivity contribution in [3.63, 3.8) is 0 Å². The molecular weight excluding hydrogens is 365 g/mol. The highest BCUT2D eigenvalue weighted by Gasteiger charge is 2.41. The van der Waals surface area contributed by atoms with Crippen LogP contribution in [-0.2, 0) is 31.4 Å². The van der Waals surface area contributed by atoms with E-state index in [-0.39, 0.29) is 6.61 Å². The minimum Gasteiger partial charge on any atom is -0.392 e. The van der Waals surface area contributed by atoms with Gasteiger partial charge in [-0.15, -0.1) is 0 Å². The maximum atomic E-state index is 11.4. The zero-order chi connectivity index (χ0) is 17.3. The van der Waals surface area contributed by atoms with Gasteiger partial charge in [0.05, 0.1) is 19.8 Å². The van der Waals surface area contributed by atoms with E-state index in [1.54, 1.807) is 6.92 Å². The van der Waals surface area contributed by atoms with Gasteiger partial charge in [-0.05, 0) is 6.92 Å². The predicted octanol–water partition coefficient (Wildman–Crippen LogP) is 1.48. The number of phosphoric ester groups is 2. The first-order valence-electron chi connectivity index (χ1n) is 5.61. The predicted molar refractivity (Wildman–Crippen MR) is 74.6 cm³/mol. The average Bonchev–Trinajstić information content (AvgIpc) is 2.32. The molecule has 3 atom stereocenters. The van der Waals surface area contributed by atoms with Gasteiger partial charge in [-0.3, -0.25) is 9.05 Å². The van der Waals surface area contributed by atoms with E-state index in [1.807, 2.05) is 0 Å². The van der Waals surface area contributed by atoms with E-state index in [0.29, 0.717) is 0 Å². The Hall–Kier alpha value is -0.150. The molecule has 0 saturated heterocycles. The summed E-state index contributed by atoms with van der Waals surface area (Å²) in [6.45, 7) is 0.322. The van der Waals surface area contributed by atoms with Gasteiger partial charge in [0.15, 0.2) is 0 Å². The highest BCUT2D eigenvalue weighted by atomic mass is 31.3. The van der Waals surface area contributed by atoms with Crippen LogP contribution in [0.1, 0.15) is 6.92 Å². The summed E-state index contributed by atoms with van der Waals surface area (Å²) in [5, 5.41) is 8.41. The zero-order valence-corrected chi connectivity index (χ0v) is 14.1. The lowest BCUT2D eigenvalue weighted by Gasteiger charge is -2.17. The SMILES string of the molecule is C/C=C/COP(=O)(O)OP(=O)(O)OP(=O)(O)OC/C=C/CO. The zero-order valence-electron chi connectivity index (χ0n) is 11.4. The van der Waals surface area contributed by atoms with Gasteiger partial charge < -0.3 is 19.8 Å². The van der Waals surface area contributed by atoms with Crippen LogP contribution >= 0.6 is 23.5 Å². The normalized spacial score (nSPS) is 20.8. The van der Waals surface area contributed by atoms with Crippen molar-refractivity contribution in [1.29, 1.82) is 0 Å². The third kappa shape index (κ3) is 11.4. The van der Waals surface area contributed by atoms with Crippen LogP contribution in [-0.4, -0.2) is 39.6 Å². The molecule has 0 spiro atoms. The minimum absolute atomic E-state index is 0.348. The fourth-order valence-corrected chi connectivity index (χ4v) is 4.24. The Morgan fingerprint density at radius 3 is 1.68 bits per heavy atom. The molecule has 11 nitrogen and oxygen atoms in total. The molecule has 0 saturated carbocycles. The van der Waals surface area contributed by atoms with Crippen molar-refractivity contribution in [3.8, 4) is 0 Å². The first-order chi connectivity index (χ1) is 10.0. The lowest BCUT2D eigenvalue weighted by atomic mass is 10.5. The molecule has 0 aliphatic carbocycles. The van der Waals surface area contributed by atoms with Gasteiger partial charge in [0, 0.05) is 0 Å². The number of hydrogen-bond donors (Lipinski definition) is 4. The quantitative estimate of drug-likeness (QED) is 0.301. The van der Waals surface area contributed by atoms with Crippen molar-refractivity contribution < 1.29 is 51.2 Å². The van der Waals surface area contributed by atoms with E-state index in [2.05, 4.69) is 17.7 Å². The Morgan fingerprint density at radius 1 is 0.818 bits per heavy atom. The number of rotatable bonds is 11. The highest BCUT2D eigenvalue weighted by Crippen LogP contribution is 2.67. The van der Waals surface area contributed by atoms with Crippen LogP contribution in [0.2, 0.25) is 0 Å². The molecule has 0 aromatic carbocycles. The second-order valence-electron chi connectivity index (χ2n) is 3.38. The molecule has 14 heteroatoms. The van der Waals surface area contributed by atoms with E-state index >= 15 is 0 Å². The number of aliphatic hydroxyl groups excluding tert-OH is 1. The third-order valence-electron chi connectivity index (χ3n) is 1.59. The Morgan fingerprint density at radius 2 is 1.27 bits per heavy atom. The maximum absolute atomic E-state index is 11.4. The molecule has 4 N–H and O–H groups in total. The second kappa shape index (κ2) is 9.87. The van der Waals surface area contributed by atoms with E-state index in [9.17, 15) is 13.7 Å². The molecule has 0 heterocycles. The fraction of sp³-hybridized carbons (Fsp3) is 0.500. The van der Waals surface area contributed by atoms with E-state index in [0.717, 1.165) is 6.08 Å².